The molecule has 37 heavy (non-hydrogen) atoms. The minimum atomic E-state index is -0.626. The molecular formula is C30H32N4O3. The van der Waals surface area contributed by atoms with Gasteiger partial charge < -0.3 is 20.4 Å². The Morgan fingerprint density at radius 2 is 1.73 bits per heavy atom. The van der Waals surface area contributed by atoms with Gasteiger partial charge in [0.15, 0.2) is 0 Å². The zero-order valence-corrected chi connectivity index (χ0v) is 21.4. The van der Waals surface area contributed by atoms with Crippen molar-refractivity contribution in [2.75, 3.05) is 26.2 Å². The highest BCUT2D eigenvalue weighted by Crippen LogP contribution is 2.27. The summed E-state index contributed by atoms with van der Waals surface area (Å²) in [7, 11) is 0. The van der Waals surface area contributed by atoms with Crippen molar-refractivity contribution in [1.29, 1.82) is 0 Å². The van der Waals surface area contributed by atoms with E-state index in [1.807, 2.05) is 55.7 Å². The molecule has 190 valence electrons. The molecule has 0 saturated heterocycles. The molecule has 0 aliphatic carbocycles. The minimum Gasteiger partial charge on any atom is -0.507 e. The van der Waals surface area contributed by atoms with E-state index in [0.717, 1.165) is 24.3 Å². The molecule has 7 nitrogen and oxygen atoms in total. The van der Waals surface area contributed by atoms with Gasteiger partial charge in [-0.25, -0.2) is 4.98 Å². The van der Waals surface area contributed by atoms with Crippen LogP contribution in [0.5, 0.6) is 5.75 Å². The molecule has 1 amide bonds. The Morgan fingerprint density at radius 1 is 1.03 bits per heavy atom. The highest BCUT2D eigenvalue weighted by Gasteiger charge is 2.13. The second-order valence-corrected chi connectivity index (χ2v) is 8.95. The number of nitrogens with zero attached hydrogens (tertiary/aromatic N) is 3. The Hall–Kier alpha value is -4.12. The Labute approximate surface area is 217 Å². The molecule has 7 heteroatoms. The second kappa shape index (κ2) is 11.7. The number of benzene rings is 3. The second-order valence-electron chi connectivity index (χ2n) is 8.95. The Kier molecular flexibility index (Phi) is 8.24. The number of carbonyl (C=O) groups is 1. The van der Waals surface area contributed by atoms with Gasteiger partial charge in [0, 0.05) is 29.9 Å². The van der Waals surface area contributed by atoms with Crippen molar-refractivity contribution in [3.8, 4) is 23.3 Å². The molecule has 0 aliphatic heterocycles. The van der Waals surface area contributed by atoms with Crippen molar-refractivity contribution in [1.82, 2.24) is 19.8 Å². The summed E-state index contributed by atoms with van der Waals surface area (Å²) in [6.45, 7) is 8.54. The molecular weight excluding hydrogens is 464 g/mol. The van der Waals surface area contributed by atoms with Crippen LogP contribution in [0.3, 0.4) is 0 Å². The minimum absolute atomic E-state index is 0.0634. The van der Waals surface area contributed by atoms with Gasteiger partial charge in [0.1, 0.15) is 17.6 Å². The van der Waals surface area contributed by atoms with Gasteiger partial charge in [-0.15, -0.1) is 0 Å². The van der Waals surface area contributed by atoms with Crippen molar-refractivity contribution in [2.45, 2.75) is 26.9 Å². The lowest BCUT2D eigenvalue weighted by molar-refractivity contribution is 0.0869. The number of aliphatic hydroxyl groups excluding tert-OH is 1. The summed E-state index contributed by atoms with van der Waals surface area (Å²) in [5, 5.41) is 23.4. The number of hydrogen-bond donors (Lipinski definition) is 3. The van der Waals surface area contributed by atoms with E-state index >= 15 is 0 Å². The van der Waals surface area contributed by atoms with Crippen LogP contribution < -0.4 is 5.32 Å². The highest BCUT2D eigenvalue weighted by molar-refractivity contribution is 5.94. The third-order valence-corrected chi connectivity index (χ3v) is 6.35. The largest absolute Gasteiger partial charge is 0.507 e. The summed E-state index contributed by atoms with van der Waals surface area (Å²) < 4.78 is 1.96. The molecule has 0 bridgehead atoms. The Balaban J connectivity index is 1.47. The number of phenols is 1. The first-order valence-electron chi connectivity index (χ1n) is 12.5. The van der Waals surface area contributed by atoms with Crippen LogP contribution in [0, 0.1) is 18.8 Å². The standard InChI is InChI=1S/C30H32N4O3/c1-4-33(5-2)19-25(35)18-31-30(37)23-11-8-22(9-12-23)10-15-26-28(36)17-16-27-29(26)32-20-34(27)24-13-6-21(3)7-14-24/h6-9,11-14,16-17,20,25,35-36H,4-5,18-19H2,1-3H3,(H,31,37). The third-order valence-electron chi connectivity index (χ3n) is 6.35. The van der Waals surface area contributed by atoms with Gasteiger partial charge in [-0.1, -0.05) is 43.4 Å². The molecule has 0 fully saturated rings. The number of imidazole rings is 1. The maximum Gasteiger partial charge on any atom is 0.251 e. The number of phenolic OH excluding ortho intramolecular Hbond substituents is 1. The van der Waals surface area contributed by atoms with Gasteiger partial charge in [0.25, 0.3) is 5.91 Å². The molecule has 4 rings (SSSR count). The molecule has 1 unspecified atom stereocenters. The van der Waals surface area contributed by atoms with E-state index in [4.69, 9.17) is 0 Å². The molecule has 0 radical (unpaired) electrons. The molecule has 0 aliphatic rings. The van der Waals surface area contributed by atoms with E-state index in [-0.39, 0.29) is 18.2 Å². The van der Waals surface area contributed by atoms with Crippen LogP contribution in [0.2, 0.25) is 0 Å². The molecule has 1 aromatic heterocycles. The number of aromatic hydroxyl groups is 1. The molecule has 4 aromatic rings. The smallest absolute Gasteiger partial charge is 0.251 e. The Bertz CT molecular complexity index is 1430. The number of carbonyl (C=O) groups excluding carboxylic acids is 1. The van der Waals surface area contributed by atoms with Crippen LogP contribution in [0.4, 0.5) is 0 Å². The van der Waals surface area contributed by atoms with Crippen molar-refractivity contribution < 1.29 is 15.0 Å². The number of amides is 1. The number of fused-ring (bicyclic) bond motifs is 1. The van der Waals surface area contributed by atoms with E-state index in [9.17, 15) is 15.0 Å². The van der Waals surface area contributed by atoms with E-state index < -0.39 is 6.10 Å². The van der Waals surface area contributed by atoms with E-state index in [2.05, 4.69) is 27.0 Å². The molecule has 1 atom stereocenters. The number of rotatable bonds is 8. The van der Waals surface area contributed by atoms with Crippen LogP contribution in [-0.4, -0.2) is 62.9 Å². The van der Waals surface area contributed by atoms with Crippen LogP contribution in [0.1, 0.15) is 40.9 Å². The monoisotopic (exact) mass is 496 g/mol. The van der Waals surface area contributed by atoms with E-state index in [1.165, 1.54) is 5.56 Å². The number of aryl methyl sites for hydroxylation is 1. The van der Waals surface area contributed by atoms with Gasteiger partial charge >= 0.3 is 0 Å². The van der Waals surface area contributed by atoms with Crippen molar-refractivity contribution in [3.63, 3.8) is 0 Å². The lowest BCUT2D eigenvalue weighted by Gasteiger charge is -2.22. The third kappa shape index (κ3) is 6.18. The number of aromatic nitrogens is 2. The summed E-state index contributed by atoms with van der Waals surface area (Å²) in [6, 6.07) is 18.5. The van der Waals surface area contributed by atoms with Gasteiger partial charge in [0.2, 0.25) is 0 Å². The fraction of sp³-hybridized carbons (Fsp3) is 0.267. The van der Waals surface area contributed by atoms with Crippen LogP contribution in [-0.2, 0) is 0 Å². The molecule has 3 aromatic carbocycles. The average Bonchev–Trinajstić information content (AvgIpc) is 3.34. The van der Waals surface area contributed by atoms with Gasteiger partial charge in [0.05, 0.1) is 17.2 Å². The number of aliphatic hydroxyl groups is 1. The number of likely N-dealkylation sites (N-methyl/N-ethyl adjacent to an activating group) is 1. The van der Waals surface area contributed by atoms with Crippen molar-refractivity contribution >= 4 is 16.9 Å². The van der Waals surface area contributed by atoms with Gasteiger partial charge in [-0.3, -0.25) is 9.36 Å². The average molecular weight is 497 g/mol. The maximum absolute atomic E-state index is 12.5. The van der Waals surface area contributed by atoms with Crippen LogP contribution in [0.25, 0.3) is 16.7 Å². The lowest BCUT2D eigenvalue weighted by atomic mass is 10.1. The Morgan fingerprint density at radius 3 is 2.41 bits per heavy atom. The zero-order chi connectivity index (χ0) is 26.4. The summed E-state index contributed by atoms with van der Waals surface area (Å²) in [4.78, 5) is 19.1. The fourth-order valence-electron chi connectivity index (χ4n) is 4.10. The number of nitrogens with one attached hydrogen (secondary N) is 1. The highest BCUT2D eigenvalue weighted by atomic mass is 16.3. The maximum atomic E-state index is 12.5. The molecule has 1 heterocycles. The molecule has 0 saturated carbocycles. The zero-order valence-electron chi connectivity index (χ0n) is 21.4. The molecule has 0 spiro atoms. The van der Waals surface area contributed by atoms with Gasteiger partial charge in [-0.05, 0) is 68.5 Å². The topological polar surface area (TPSA) is 90.6 Å². The first kappa shape index (κ1) is 26.0. The summed E-state index contributed by atoms with van der Waals surface area (Å²) >= 11 is 0. The van der Waals surface area contributed by atoms with Crippen LogP contribution in [0.15, 0.2) is 67.0 Å². The summed E-state index contributed by atoms with van der Waals surface area (Å²) in [5.74, 6) is 5.93. The van der Waals surface area contributed by atoms with Crippen molar-refractivity contribution in [3.05, 3.63) is 89.2 Å². The lowest BCUT2D eigenvalue weighted by Crippen LogP contribution is -2.40. The normalized spacial score (nSPS) is 11.8. The summed E-state index contributed by atoms with van der Waals surface area (Å²) in [5.41, 5.74) is 5.26. The SMILES string of the molecule is CCN(CC)CC(O)CNC(=O)c1ccc(C#Cc2c(O)ccc3c2ncn3-c2ccc(C)cc2)cc1. The van der Waals surface area contributed by atoms with Crippen LogP contribution >= 0.6 is 0 Å². The predicted octanol–water partition coefficient (Wildman–Crippen LogP) is 3.87. The molecule has 3 N–H and O–H groups in total. The first-order chi connectivity index (χ1) is 17.9. The predicted molar refractivity (Wildman–Crippen MR) is 146 cm³/mol. The van der Waals surface area contributed by atoms with Crippen molar-refractivity contribution in [2.24, 2.45) is 0 Å². The quantitative estimate of drug-likeness (QED) is 0.322. The summed E-state index contributed by atoms with van der Waals surface area (Å²) in [6.07, 6.45) is 1.10. The number of hydrogen-bond acceptors (Lipinski definition) is 5. The first-order valence-corrected chi connectivity index (χ1v) is 12.5. The fourth-order valence-corrected chi connectivity index (χ4v) is 4.10. The van der Waals surface area contributed by atoms with Gasteiger partial charge in [-0.2, -0.15) is 0 Å². The van der Waals surface area contributed by atoms with E-state index in [0.29, 0.717) is 28.8 Å². The van der Waals surface area contributed by atoms with E-state index in [1.54, 1.807) is 36.7 Å².